The number of rotatable bonds is 11. The highest BCUT2D eigenvalue weighted by Crippen LogP contribution is 2.31. The van der Waals surface area contributed by atoms with Crippen molar-refractivity contribution in [3.8, 4) is 11.5 Å². The van der Waals surface area contributed by atoms with Crippen molar-refractivity contribution < 1.29 is 14.3 Å². The highest BCUT2D eigenvalue weighted by Gasteiger charge is 2.10. The van der Waals surface area contributed by atoms with E-state index in [1.54, 1.807) is 6.08 Å². The molecular formula is C26H32N2O3S. The Morgan fingerprint density at radius 1 is 1.12 bits per heavy atom. The molecule has 1 N–H and O–H groups in total. The molecule has 3 rings (SSSR count). The maximum atomic E-state index is 12.4. The molecule has 1 aromatic heterocycles. The number of carbonyl (C=O) groups excluding carboxylic acids is 1. The number of anilines is 1. The lowest BCUT2D eigenvalue weighted by Gasteiger charge is -2.12. The number of unbranched alkanes of at least 4 members (excludes halogenated alkanes) is 1. The van der Waals surface area contributed by atoms with Crippen LogP contribution in [-0.2, 0) is 4.79 Å². The molecule has 1 amide bonds. The molecule has 2 aromatic carbocycles. The summed E-state index contributed by atoms with van der Waals surface area (Å²) in [6.07, 6.45) is 6.45. The number of amides is 1. The van der Waals surface area contributed by atoms with Crippen molar-refractivity contribution in [1.82, 2.24) is 4.98 Å². The Bertz CT molecular complexity index is 1070. The minimum absolute atomic E-state index is 0.215. The Labute approximate surface area is 194 Å². The second-order valence-corrected chi connectivity index (χ2v) is 8.75. The SMILES string of the molecule is CCCCOc1ccc(/C=C/C(=O)Nc2nc3ccc(C(C)CC)cc3s2)cc1OCC. The lowest BCUT2D eigenvalue weighted by Crippen LogP contribution is -2.07. The summed E-state index contributed by atoms with van der Waals surface area (Å²) >= 11 is 1.50. The topological polar surface area (TPSA) is 60.5 Å². The van der Waals surface area contributed by atoms with E-state index in [1.165, 1.54) is 23.0 Å². The van der Waals surface area contributed by atoms with Crippen LogP contribution in [0, 0.1) is 0 Å². The van der Waals surface area contributed by atoms with E-state index < -0.39 is 0 Å². The number of nitrogens with zero attached hydrogens (tertiary/aromatic N) is 1. The van der Waals surface area contributed by atoms with Crippen LogP contribution < -0.4 is 14.8 Å². The van der Waals surface area contributed by atoms with E-state index in [4.69, 9.17) is 9.47 Å². The molecule has 1 atom stereocenters. The van der Waals surface area contributed by atoms with Gasteiger partial charge in [0.05, 0.1) is 23.4 Å². The van der Waals surface area contributed by atoms with Crippen molar-refractivity contribution in [2.24, 2.45) is 0 Å². The van der Waals surface area contributed by atoms with Crippen molar-refractivity contribution in [3.05, 3.63) is 53.6 Å². The number of ether oxygens (including phenoxy) is 2. The molecule has 0 saturated carbocycles. The summed E-state index contributed by atoms with van der Waals surface area (Å²) in [7, 11) is 0. The Morgan fingerprint density at radius 2 is 1.97 bits per heavy atom. The third-order valence-corrected chi connectivity index (χ3v) is 6.21. The zero-order valence-electron chi connectivity index (χ0n) is 19.3. The minimum atomic E-state index is -0.215. The van der Waals surface area contributed by atoms with Gasteiger partial charge in [0, 0.05) is 6.08 Å². The second-order valence-electron chi connectivity index (χ2n) is 7.72. The van der Waals surface area contributed by atoms with Crippen molar-refractivity contribution in [1.29, 1.82) is 0 Å². The summed E-state index contributed by atoms with van der Waals surface area (Å²) in [6.45, 7) is 9.68. The molecule has 0 spiro atoms. The van der Waals surface area contributed by atoms with Crippen LogP contribution in [0.3, 0.4) is 0 Å². The van der Waals surface area contributed by atoms with Crippen molar-refractivity contribution >= 4 is 38.7 Å². The number of hydrogen-bond donors (Lipinski definition) is 1. The standard InChI is InChI=1S/C26H32N2O3S/c1-5-8-15-31-22-13-9-19(16-23(22)30-7-3)10-14-25(29)28-26-27-21-12-11-20(18(4)6-2)17-24(21)32-26/h9-14,16-18H,5-8,15H2,1-4H3,(H,27,28,29)/b14-10+. The molecule has 3 aromatic rings. The fourth-order valence-electron chi connectivity index (χ4n) is 3.20. The van der Waals surface area contributed by atoms with E-state index >= 15 is 0 Å². The molecule has 0 bridgehead atoms. The summed E-state index contributed by atoms with van der Waals surface area (Å²) < 4.78 is 12.6. The maximum Gasteiger partial charge on any atom is 0.250 e. The first-order valence-electron chi connectivity index (χ1n) is 11.3. The first-order valence-corrected chi connectivity index (χ1v) is 12.1. The van der Waals surface area contributed by atoms with Crippen molar-refractivity contribution in [2.75, 3.05) is 18.5 Å². The summed E-state index contributed by atoms with van der Waals surface area (Å²) in [5, 5.41) is 3.48. The van der Waals surface area contributed by atoms with Crippen LogP contribution in [0.25, 0.3) is 16.3 Å². The second kappa shape index (κ2) is 11.7. The van der Waals surface area contributed by atoms with Gasteiger partial charge in [0.2, 0.25) is 5.91 Å². The predicted octanol–water partition coefficient (Wildman–Crippen LogP) is 7.04. The normalized spacial score (nSPS) is 12.2. The first-order chi connectivity index (χ1) is 15.5. The number of nitrogens with one attached hydrogen (secondary N) is 1. The van der Waals surface area contributed by atoms with Gasteiger partial charge in [0.1, 0.15) is 0 Å². The van der Waals surface area contributed by atoms with Gasteiger partial charge in [-0.15, -0.1) is 0 Å². The number of hydrogen-bond acceptors (Lipinski definition) is 5. The van der Waals surface area contributed by atoms with Gasteiger partial charge >= 0.3 is 0 Å². The van der Waals surface area contributed by atoms with Crippen molar-refractivity contribution in [2.45, 2.75) is 52.9 Å². The number of benzene rings is 2. The van der Waals surface area contributed by atoms with E-state index in [0.717, 1.165) is 40.8 Å². The van der Waals surface area contributed by atoms with Gasteiger partial charge in [0.25, 0.3) is 0 Å². The molecule has 0 aliphatic heterocycles. The van der Waals surface area contributed by atoms with E-state index in [-0.39, 0.29) is 5.91 Å². The molecule has 1 heterocycles. The monoisotopic (exact) mass is 452 g/mol. The lowest BCUT2D eigenvalue weighted by molar-refractivity contribution is -0.111. The van der Waals surface area contributed by atoms with Gasteiger partial charge in [-0.05, 0) is 67.2 Å². The van der Waals surface area contributed by atoms with Gasteiger partial charge in [0.15, 0.2) is 16.6 Å². The highest BCUT2D eigenvalue weighted by molar-refractivity contribution is 7.22. The fourth-order valence-corrected chi connectivity index (χ4v) is 4.12. The summed E-state index contributed by atoms with van der Waals surface area (Å²) in [5.41, 5.74) is 3.07. The molecule has 1 unspecified atom stereocenters. The Balaban J connectivity index is 1.67. The van der Waals surface area contributed by atoms with Gasteiger partial charge < -0.3 is 9.47 Å². The van der Waals surface area contributed by atoms with Crippen LogP contribution in [0.5, 0.6) is 11.5 Å². The van der Waals surface area contributed by atoms with E-state index in [2.05, 4.69) is 43.2 Å². The smallest absolute Gasteiger partial charge is 0.250 e. The Morgan fingerprint density at radius 3 is 2.72 bits per heavy atom. The predicted molar refractivity (Wildman–Crippen MR) is 134 cm³/mol. The molecule has 0 aliphatic rings. The average Bonchev–Trinajstić information content (AvgIpc) is 3.20. The zero-order valence-corrected chi connectivity index (χ0v) is 20.1. The van der Waals surface area contributed by atoms with Crippen LogP contribution >= 0.6 is 11.3 Å². The van der Waals surface area contributed by atoms with Crippen LogP contribution in [0.15, 0.2) is 42.5 Å². The molecule has 32 heavy (non-hydrogen) atoms. The van der Waals surface area contributed by atoms with Crippen LogP contribution in [0.2, 0.25) is 0 Å². The molecule has 5 nitrogen and oxygen atoms in total. The lowest BCUT2D eigenvalue weighted by atomic mass is 9.99. The molecular weight excluding hydrogens is 420 g/mol. The van der Waals surface area contributed by atoms with E-state index in [1.807, 2.05) is 31.2 Å². The van der Waals surface area contributed by atoms with E-state index in [0.29, 0.717) is 30.0 Å². The average molecular weight is 453 g/mol. The van der Waals surface area contributed by atoms with Crippen molar-refractivity contribution in [3.63, 3.8) is 0 Å². The van der Waals surface area contributed by atoms with Gasteiger partial charge in [-0.25, -0.2) is 4.98 Å². The molecule has 170 valence electrons. The van der Waals surface area contributed by atoms with Gasteiger partial charge in [-0.2, -0.15) is 0 Å². The quantitative estimate of drug-likeness (QED) is 0.250. The molecule has 0 radical (unpaired) electrons. The third-order valence-electron chi connectivity index (χ3n) is 5.27. The number of aromatic nitrogens is 1. The molecule has 6 heteroatoms. The van der Waals surface area contributed by atoms with Crippen LogP contribution in [0.4, 0.5) is 5.13 Å². The third kappa shape index (κ3) is 6.33. The summed E-state index contributed by atoms with van der Waals surface area (Å²) in [4.78, 5) is 17.0. The van der Waals surface area contributed by atoms with Gasteiger partial charge in [-0.1, -0.05) is 50.7 Å². The number of thiazole rings is 1. The molecule has 0 fully saturated rings. The Kier molecular flexibility index (Phi) is 8.68. The van der Waals surface area contributed by atoms with Crippen LogP contribution in [-0.4, -0.2) is 24.1 Å². The maximum absolute atomic E-state index is 12.4. The number of carbonyl (C=O) groups is 1. The minimum Gasteiger partial charge on any atom is -0.490 e. The number of fused-ring (bicyclic) bond motifs is 1. The fraction of sp³-hybridized carbons (Fsp3) is 0.385. The van der Waals surface area contributed by atoms with Crippen LogP contribution in [0.1, 0.15) is 64.0 Å². The largest absolute Gasteiger partial charge is 0.490 e. The Hall–Kier alpha value is -2.86. The van der Waals surface area contributed by atoms with Gasteiger partial charge in [-0.3, -0.25) is 10.1 Å². The first kappa shape index (κ1) is 23.8. The summed E-state index contributed by atoms with van der Waals surface area (Å²) in [5.74, 6) is 1.71. The molecule has 0 saturated heterocycles. The molecule has 0 aliphatic carbocycles. The van der Waals surface area contributed by atoms with E-state index in [9.17, 15) is 4.79 Å². The highest BCUT2D eigenvalue weighted by atomic mass is 32.1. The summed E-state index contributed by atoms with van der Waals surface area (Å²) in [6, 6.07) is 12.0. The zero-order chi connectivity index (χ0) is 22.9.